The van der Waals surface area contributed by atoms with Gasteiger partial charge in [-0.3, -0.25) is 4.79 Å². The van der Waals surface area contributed by atoms with Crippen LogP contribution in [0.3, 0.4) is 0 Å². The molecule has 29 heavy (non-hydrogen) atoms. The van der Waals surface area contributed by atoms with Gasteiger partial charge in [0.05, 0.1) is 25.9 Å². The molecule has 0 radical (unpaired) electrons. The lowest BCUT2D eigenvalue weighted by atomic mass is 9.70. The van der Waals surface area contributed by atoms with Crippen molar-refractivity contribution in [2.75, 3.05) is 6.61 Å². The van der Waals surface area contributed by atoms with E-state index < -0.39 is 26.4 Å². The summed E-state index contributed by atoms with van der Waals surface area (Å²) in [4.78, 5) is 11.5. The summed E-state index contributed by atoms with van der Waals surface area (Å²) in [5.74, 6) is -0.266. The predicted octanol–water partition coefficient (Wildman–Crippen LogP) is 4.75. The van der Waals surface area contributed by atoms with Crippen LogP contribution in [0, 0.1) is 5.41 Å². The molecule has 0 aliphatic carbocycles. The van der Waals surface area contributed by atoms with E-state index in [-0.39, 0.29) is 16.9 Å². The monoisotopic (exact) mass is 416 g/mol. The molecule has 0 unspecified atom stereocenters. The van der Waals surface area contributed by atoms with Crippen LogP contribution in [0.2, 0.25) is 18.6 Å². The molecule has 1 aromatic carbocycles. The van der Waals surface area contributed by atoms with Crippen molar-refractivity contribution in [2.45, 2.75) is 78.3 Å². The summed E-state index contributed by atoms with van der Waals surface area (Å²) in [7, 11) is -2.58. The van der Waals surface area contributed by atoms with Crippen molar-refractivity contribution in [3.05, 3.63) is 42.4 Å². The van der Waals surface area contributed by atoms with Gasteiger partial charge in [-0.2, -0.15) is 0 Å². The number of ether oxygens (including phenoxy) is 1. The third kappa shape index (κ3) is 4.86. The van der Waals surface area contributed by atoms with Crippen LogP contribution < -0.4 is 5.19 Å². The third-order valence-corrected chi connectivity index (χ3v) is 11.0. The summed E-state index contributed by atoms with van der Waals surface area (Å²) in [6, 6.07) is 10.6. The molecule has 1 atom stereocenters. The number of esters is 1. The Labute approximate surface area is 178 Å². The molecular formula is C23H37BO4Si. The number of carbonyl (C=O) groups excluding carboxylic acids is 1. The van der Waals surface area contributed by atoms with E-state index in [4.69, 9.17) is 14.0 Å². The van der Waals surface area contributed by atoms with Crippen molar-refractivity contribution in [1.29, 1.82) is 0 Å². The summed E-state index contributed by atoms with van der Waals surface area (Å²) in [6.45, 7) is 23.5. The van der Waals surface area contributed by atoms with Crippen LogP contribution >= 0.6 is 0 Å². The molecule has 0 bridgehead atoms. The van der Waals surface area contributed by atoms with Crippen LogP contribution in [0.5, 0.6) is 0 Å². The van der Waals surface area contributed by atoms with Crippen LogP contribution in [0.25, 0.3) is 0 Å². The minimum Gasteiger partial charge on any atom is -0.465 e. The smallest absolute Gasteiger partial charge is 0.465 e. The molecule has 2 rings (SSSR count). The van der Waals surface area contributed by atoms with Crippen molar-refractivity contribution in [3.8, 4) is 0 Å². The average molecular weight is 416 g/mol. The second-order valence-electron chi connectivity index (χ2n) is 10.5. The molecule has 1 heterocycles. The Morgan fingerprint density at radius 1 is 1.14 bits per heavy atom. The van der Waals surface area contributed by atoms with E-state index in [1.54, 1.807) is 0 Å². The first kappa shape index (κ1) is 23.9. The maximum Gasteiger partial charge on any atom is 0.489 e. The second kappa shape index (κ2) is 8.05. The van der Waals surface area contributed by atoms with Crippen molar-refractivity contribution in [1.82, 2.24) is 0 Å². The molecule has 1 aliphatic heterocycles. The van der Waals surface area contributed by atoms with Gasteiger partial charge in [-0.1, -0.05) is 62.5 Å². The van der Waals surface area contributed by atoms with E-state index in [9.17, 15) is 4.79 Å². The van der Waals surface area contributed by atoms with Crippen LogP contribution in [0.1, 0.15) is 48.5 Å². The van der Waals surface area contributed by atoms with Crippen molar-refractivity contribution < 1.29 is 18.8 Å². The molecule has 160 valence electrons. The number of hydrogen-bond donors (Lipinski definition) is 0. The van der Waals surface area contributed by atoms with Gasteiger partial charge in [-0.05, 0) is 38.7 Å². The van der Waals surface area contributed by atoms with E-state index in [1.807, 2.05) is 6.07 Å². The van der Waals surface area contributed by atoms with Crippen molar-refractivity contribution >= 4 is 26.3 Å². The Morgan fingerprint density at radius 3 is 2.07 bits per heavy atom. The van der Waals surface area contributed by atoms with Crippen LogP contribution in [-0.2, 0) is 18.8 Å². The van der Waals surface area contributed by atoms with Crippen LogP contribution in [-0.4, -0.2) is 39.0 Å². The SMILES string of the molecule is C=C(B1OC(C)(C)C(C)(C)O1)[C@@H](C(C)(C)COC(C)=O)[Si](C)(C)c1ccccc1. The second-order valence-corrected chi connectivity index (χ2v) is 15.1. The fraction of sp³-hybridized carbons (Fsp3) is 0.609. The minimum atomic E-state index is -2.09. The first-order chi connectivity index (χ1) is 13.1. The van der Waals surface area contributed by atoms with Crippen LogP contribution in [0.15, 0.2) is 42.4 Å². The van der Waals surface area contributed by atoms with Gasteiger partial charge in [0, 0.05) is 12.3 Å². The van der Waals surface area contributed by atoms with Gasteiger partial charge in [0.25, 0.3) is 0 Å². The van der Waals surface area contributed by atoms with Gasteiger partial charge in [-0.15, -0.1) is 6.58 Å². The maximum atomic E-state index is 11.5. The zero-order chi connectivity index (χ0) is 22.3. The summed E-state index contributed by atoms with van der Waals surface area (Å²) < 4.78 is 18.2. The molecule has 0 saturated carbocycles. The summed E-state index contributed by atoms with van der Waals surface area (Å²) in [5, 5.41) is 1.33. The van der Waals surface area contributed by atoms with Crippen molar-refractivity contribution in [3.63, 3.8) is 0 Å². The van der Waals surface area contributed by atoms with Gasteiger partial charge in [-0.25, -0.2) is 0 Å². The lowest BCUT2D eigenvalue weighted by Gasteiger charge is -2.45. The molecule has 0 N–H and O–H groups in total. The van der Waals surface area contributed by atoms with E-state index in [0.717, 1.165) is 5.47 Å². The van der Waals surface area contributed by atoms with E-state index in [1.165, 1.54) is 12.1 Å². The molecule has 0 amide bonds. The molecule has 6 heteroatoms. The molecule has 0 spiro atoms. The topological polar surface area (TPSA) is 44.8 Å². The Bertz CT molecular complexity index is 739. The lowest BCUT2D eigenvalue weighted by Crippen LogP contribution is -2.54. The van der Waals surface area contributed by atoms with E-state index in [0.29, 0.717) is 6.61 Å². The molecule has 1 aromatic rings. The number of allylic oxidation sites excluding steroid dienone is 1. The van der Waals surface area contributed by atoms with Gasteiger partial charge in [0.1, 0.15) is 0 Å². The average Bonchev–Trinajstić information content (AvgIpc) is 2.81. The fourth-order valence-electron chi connectivity index (χ4n) is 4.48. The standard InChI is InChI=1S/C23H37BO4Si/c1-17(24-27-22(5,6)23(7,8)28-24)20(21(3,4)16-26-18(2)25)29(9,10)19-14-12-11-13-15-19/h11-15,20H,1,16H2,2-10H3/t20-/m0/s1. The molecule has 4 nitrogen and oxygen atoms in total. The van der Waals surface area contributed by atoms with Crippen molar-refractivity contribution in [2.24, 2.45) is 5.41 Å². The number of carbonyl (C=O) groups is 1. The van der Waals surface area contributed by atoms with E-state index in [2.05, 4.69) is 85.5 Å². The molecule has 0 aromatic heterocycles. The summed E-state index contributed by atoms with van der Waals surface area (Å²) in [6.07, 6.45) is 0. The van der Waals surface area contributed by atoms with Gasteiger partial charge >= 0.3 is 13.1 Å². The zero-order valence-corrected chi connectivity index (χ0v) is 20.6. The van der Waals surface area contributed by atoms with Gasteiger partial charge in [0.15, 0.2) is 0 Å². The highest BCUT2D eigenvalue weighted by molar-refractivity contribution is 6.92. The lowest BCUT2D eigenvalue weighted by molar-refractivity contribution is -0.143. The first-order valence-electron chi connectivity index (χ1n) is 10.3. The third-order valence-electron chi connectivity index (χ3n) is 6.60. The Hall–Kier alpha value is -1.37. The highest BCUT2D eigenvalue weighted by Gasteiger charge is 2.56. The number of benzene rings is 1. The highest BCUT2D eigenvalue weighted by Crippen LogP contribution is 2.49. The zero-order valence-electron chi connectivity index (χ0n) is 19.6. The largest absolute Gasteiger partial charge is 0.489 e. The molecule has 1 fully saturated rings. The number of hydrogen-bond acceptors (Lipinski definition) is 4. The quantitative estimate of drug-likeness (QED) is 0.475. The molecule has 1 aliphatic rings. The predicted molar refractivity (Wildman–Crippen MR) is 123 cm³/mol. The summed E-state index contributed by atoms with van der Waals surface area (Å²) >= 11 is 0. The first-order valence-corrected chi connectivity index (χ1v) is 13.4. The normalized spacial score (nSPS) is 19.7. The number of rotatable bonds is 7. The Balaban J connectivity index is 2.47. The summed E-state index contributed by atoms with van der Waals surface area (Å²) in [5.41, 5.74) is -0.168. The van der Waals surface area contributed by atoms with E-state index >= 15 is 0 Å². The fourth-order valence-corrected chi connectivity index (χ4v) is 8.96. The Morgan fingerprint density at radius 2 is 1.62 bits per heavy atom. The minimum absolute atomic E-state index is 0.0754. The molecule has 1 saturated heterocycles. The van der Waals surface area contributed by atoms with Gasteiger partial charge in [0.2, 0.25) is 0 Å². The maximum absolute atomic E-state index is 11.5. The Kier molecular flexibility index (Phi) is 6.63. The van der Waals surface area contributed by atoms with Gasteiger partial charge < -0.3 is 14.0 Å². The van der Waals surface area contributed by atoms with Crippen LogP contribution in [0.4, 0.5) is 0 Å². The molecular weight excluding hydrogens is 379 g/mol. The highest BCUT2D eigenvalue weighted by atomic mass is 28.3.